The van der Waals surface area contributed by atoms with Crippen molar-refractivity contribution in [3.05, 3.63) is 11.7 Å². The lowest BCUT2D eigenvalue weighted by atomic mass is 9.86. The molecule has 1 aromatic rings. The van der Waals surface area contributed by atoms with Crippen molar-refractivity contribution in [3.8, 4) is 0 Å². The van der Waals surface area contributed by atoms with E-state index in [4.69, 9.17) is 19.7 Å². The number of rotatable bonds is 3. The second-order valence-electron chi connectivity index (χ2n) is 5.75. The highest BCUT2D eigenvalue weighted by atomic mass is 16.5. The van der Waals surface area contributed by atoms with Crippen LogP contribution in [0.4, 0.5) is 0 Å². The number of aromatic nitrogens is 2. The highest BCUT2D eigenvalue weighted by Gasteiger charge is 2.44. The van der Waals surface area contributed by atoms with Crippen LogP contribution in [0.3, 0.4) is 0 Å². The van der Waals surface area contributed by atoms with Gasteiger partial charge in [0.25, 0.3) is 0 Å². The average molecular weight is 282 g/mol. The monoisotopic (exact) mass is 282 g/mol. The molecule has 112 valence electrons. The third kappa shape index (κ3) is 2.35. The Kier molecular flexibility index (Phi) is 3.76. The quantitative estimate of drug-likeness (QED) is 0.840. The molecule has 0 saturated carbocycles. The summed E-state index contributed by atoms with van der Waals surface area (Å²) in [5.41, 5.74) is 5.69. The minimum Gasteiger partial charge on any atom is -0.379 e. The van der Waals surface area contributed by atoms with Gasteiger partial charge in [0.2, 0.25) is 11.7 Å². The largest absolute Gasteiger partial charge is 0.379 e. The first-order chi connectivity index (χ1) is 9.63. The number of morpholine rings is 1. The molecular formula is C13H22N4O3. The zero-order valence-corrected chi connectivity index (χ0v) is 12.0. The summed E-state index contributed by atoms with van der Waals surface area (Å²) in [5.74, 6) is 1.16. The molecule has 2 aliphatic heterocycles. The third-order valence-electron chi connectivity index (χ3n) is 4.33. The summed E-state index contributed by atoms with van der Waals surface area (Å²) in [6.45, 7) is 8.63. The van der Waals surface area contributed by atoms with Gasteiger partial charge >= 0.3 is 0 Å². The molecule has 1 aromatic heterocycles. The van der Waals surface area contributed by atoms with E-state index in [1.807, 2.05) is 6.92 Å². The van der Waals surface area contributed by atoms with E-state index in [-0.39, 0.29) is 12.1 Å². The molecule has 3 unspecified atom stereocenters. The molecule has 0 aliphatic carbocycles. The number of likely N-dealkylation sites (N-methyl/N-ethyl adjacent to an activating group) is 1. The van der Waals surface area contributed by atoms with Crippen molar-refractivity contribution in [2.75, 3.05) is 39.5 Å². The fourth-order valence-electron chi connectivity index (χ4n) is 2.65. The Hall–Kier alpha value is -1.02. The molecule has 0 aromatic carbocycles. The molecule has 0 radical (unpaired) electrons. The number of nitrogens with two attached hydrogens (primary N) is 1. The minimum atomic E-state index is -0.398. The molecule has 0 bridgehead atoms. The van der Waals surface area contributed by atoms with Crippen LogP contribution in [0.1, 0.15) is 31.7 Å². The summed E-state index contributed by atoms with van der Waals surface area (Å²) in [6.07, 6.45) is -0.122. The number of nitrogens with zero attached hydrogens (tertiary/aromatic N) is 3. The molecule has 0 amide bonds. The van der Waals surface area contributed by atoms with Crippen molar-refractivity contribution in [2.24, 2.45) is 5.73 Å². The molecule has 7 nitrogen and oxygen atoms in total. The Balaban J connectivity index is 1.76. The fourth-order valence-corrected chi connectivity index (χ4v) is 2.65. The van der Waals surface area contributed by atoms with Crippen LogP contribution in [0, 0.1) is 0 Å². The third-order valence-corrected chi connectivity index (χ3v) is 4.33. The van der Waals surface area contributed by atoms with Gasteiger partial charge in [-0.3, -0.25) is 4.90 Å². The van der Waals surface area contributed by atoms with E-state index in [1.54, 1.807) is 0 Å². The fraction of sp³-hybridized carbons (Fsp3) is 0.846. The Morgan fingerprint density at radius 3 is 3.05 bits per heavy atom. The van der Waals surface area contributed by atoms with Crippen LogP contribution in [0.15, 0.2) is 4.52 Å². The summed E-state index contributed by atoms with van der Waals surface area (Å²) in [5, 5.41) is 4.08. The van der Waals surface area contributed by atoms with Crippen LogP contribution in [0.2, 0.25) is 0 Å². The molecule has 7 heteroatoms. The zero-order valence-electron chi connectivity index (χ0n) is 12.0. The van der Waals surface area contributed by atoms with Crippen LogP contribution >= 0.6 is 0 Å². The molecule has 0 spiro atoms. The smallest absolute Gasteiger partial charge is 0.236 e. The van der Waals surface area contributed by atoms with Crippen LogP contribution in [0.25, 0.3) is 0 Å². The van der Waals surface area contributed by atoms with Gasteiger partial charge in [0.15, 0.2) is 0 Å². The van der Waals surface area contributed by atoms with Crippen LogP contribution in [0.5, 0.6) is 0 Å². The lowest BCUT2D eigenvalue weighted by Gasteiger charge is -2.30. The van der Waals surface area contributed by atoms with Crippen molar-refractivity contribution in [1.82, 2.24) is 15.0 Å². The first kappa shape index (κ1) is 13.9. The van der Waals surface area contributed by atoms with Crippen LogP contribution in [-0.2, 0) is 14.9 Å². The predicted octanol–water partition coefficient (Wildman–Crippen LogP) is 0.0780. The van der Waals surface area contributed by atoms with E-state index >= 15 is 0 Å². The van der Waals surface area contributed by atoms with Gasteiger partial charge in [0, 0.05) is 19.1 Å². The van der Waals surface area contributed by atoms with Crippen molar-refractivity contribution in [2.45, 2.75) is 31.4 Å². The Labute approximate surface area is 118 Å². The summed E-state index contributed by atoms with van der Waals surface area (Å²) in [6, 6.07) is -0.116. The summed E-state index contributed by atoms with van der Waals surface area (Å²) in [7, 11) is 0. The average Bonchev–Trinajstić information content (AvgIpc) is 3.08. The minimum absolute atomic E-state index is 0.116. The Morgan fingerprint density at radius 2 is 2.35 bits per heavy atom. The topological polar surface area (TPSA) is 86.6 Å². The molecular weight excluding hydrogens is 260 g/mol. The first-order valence-electron chi connectivity index (χ1n) is 7.15. The van der Waals surface area contributed by atoms with E-state index < -0.39 is 5.41 Å². The van der Waals surface area contributed by atoms with Crippen molar-refractivity contribution in [3.63, 3.8) is 0 Å². The van der Waals surface area contributed by atoms with Gasteiger partial charge in [0.05, 0.1) is 25.2 Å². The number of ether oxygens (including phenoxy) is 2. The number of hydrogen-bond acceptors (Lipinski definition) is 7. The molecule has 3 heterocycles. The van der Waals surface area contributed by atoms with Crippen LogP contribution < -0.4 is 5.73 Å². The van der Waals surface area contributed by atoms with Gasteiger partial charge in [-0.1, -0.05) is 12.1 Å². The molecule has 20 heavy (non-hydrogen) atoms. The molecule has 2 N–H and O–H groups in total. The van der Waals surface area contributed by atoms with E-state index in [2.05, 4.69) is 22.0 Å². The van der Waals surface area contributed by atoms with Crippen molar-refractivity contribution in [1.29, 1.82) is 0 Å². The van der Waals surface area contributed by atoms with Gasteiger partial charge in [0.1, 0.15) is 6.10 Å². The maximum absolute atomic E-state index is 6.08. The van der Waals surface area contributed by atoms with Gasteiger partial charge in [-0.05, 0) is 13.5 Å². The van der Waals surface area contributed by atoms with Gasteiger partial charge in [-0.2, -0.15) is 4.98 Å². The maximum Gasteiger partial charge on any atom is 0.236 e. The Morgan fingerprint density at radius 1 is 1.50 bits per heavy atom. The molecule has 2 aliphatic rings. The van der Waals surface area contributed by atoms with E-state index in [0.717, 1.165) is 19.6 Å². The standard InChI is InChI=1S/C13H22N4O3/c1-3-17-4-5-19-9(6-17)11-15-12(20-16-11)13(2)8-18-7-10(13)14/h9-10H,3-8,14H2,1-2H3. The normalized spacial score (nSPS) is 35.5. The second kappa shape index (κ2) is 5.40. The molecule has 3 atom stereocenters. The highest BCUT2D eigenvalue weighted by molar-refractivity contribution is 5.12. The molecule has 2 saturated heterocycles. The lowest BCUT2D eigenvalue weighted by Crippen LogP contribution is -2.42. The van der Waals surface area contributed by atoms with Crippen LogP contribution in [-0.4, -0.2) is 60.5 Å². The molecule has 3 rings (SSSR count). The molecule has 2 fully saturated rings. The zero-order chi connectivity index (χ0) is 14.2. The van der Waals surface area contributed by atoms with Gasteiger partial charge in [-0.25, -0.2) is 0 Å². The number of hydrogen-bond donors (Lipinski definition) is 1. The lowest BCUT2D eigenvalue weighted by molar-refractivity contribution is -0.0334. The summed E-state index contributed by atoms with van der Waals surface area (Å²) in [4.78, 5) is 6.83. The maximum atomic E-state index is 6.08. The summed E-state index contributed by atoms with van der Waals surface area (Å²) < 4.78 is 16.6. The van der Waals surface area contributed by atoms with Crippen molar-refractivity contribution >= 4 is 0 Å². The van der Waals surface area contributed by atoms with E-state index in [0.29, 0.717) is 31.5 Å². The second-order valence-corrected chi connectivity index (χ2v) is 5.75. The van der Waals surface area contributed by atoms with Gasteiger partial charge in [-0.15, -0.1) is 0 Å². The highest BCUT2D eigenvalue weighted by Crippen LogP contribution is 2.32. The predicted molar refractivity (Wildman–Crippen MR) is 71.3 cm³/mol. The first-order valence-corrected chi connectivity index (χ1v) is 7.15. The van der Waals surface area contributed by atoms with E-state index in [9.17, 15) is 0 Å². The Bertz CT molecular complexity index is 466. The van der Waals surface area contributed by atoms with Crippen molar-refractivity contribution < 1.29 is 14.0 Å². The SMILES string of the molecule is CCN1CCOC(c2noc(C3(C)COCC3N)n2)C1. The van der Waals surface area contributed by atoms with Gasteiger partial charge < -0.3 is 19.7 Å². The van der Waals surface area contributed by atoms with E-state index in [1.165, 1.54) is 0 Å². The summed E-state index contributed by atoms with van der Waals surface area (Å²) >= 11 is 0.